The zero-order chi connectivity index (χ0) is 20.5. The molecule has 1 saturated heterocycles. The van der Waals surface area contributed by atoms with Gasteiger partial charge in [0, 0.05) is 43.8 Å². The third-order valence-electron chi connectivity index (χ3n) is 5.67. The molecule has 2 bridgehead atoms. The molecule has 2 aliphatic heterocycles. The second-order valence-corrected chi connectivity index (χ2v) is 8.46. The minimum atomic E-state index is -0.362. The van der Waals surface area contributed by atoms with Crippen molar-refractivity contribution in [2.24, 2.45) is 5.92 Å². The number of nitrogens with one attached hydrogen (secondary N) is 2. The Hall–Kier alpha value is -2.67. The van der Waals surface area contributed by atoms with Gasteiger partial charge in [-0.2, -0.15) is 0 Å². The summed E-state index contributed by atoms with van der Waals surface area (Å²) in [7, 11) is 0. The fraction of sp³-hybridized carbons (Fsp3) is 0.455. The summed E-state index contributed by atoms with van der Waals surface area (Å²) in [4.78, 5) is 27.3. The number of hydrogen-bond donors (Lipinski definition) is 2. The Balaban J connectivity index is 1.50. The number of fused-ring (bicyclic) bond motifs is 4. The first-order valence-corrected chi connectivity index (χ1v) is 10.2. The lowest BCUT2D eigenvalue weighted by Crippen LogP contribution is -2.47. The Kier molecular flexibility index (Phi) is 5.41. The van der Waals surface area contributed by atoms with Crippen LogP contribution in [0.2, 0.25) is 0 Å². The Bertz CT molecular complexity index is 954. The summed E-state index contributed by atoms with van der Waals surface area (Å²) in [5.74, 6) is 0.456. The SMILES string of the molecule is CC(C)NC(=O)Nc1ccc2n(c1=O)C[C@H]1C[C@@H]2CN(Cc2ccc(F)cc2)C1. The van der Waals surface area contributed by atoms with E-state index in [1.165, 1.54) is 12.1 Å². The monoisotopic (exact) mass is 398 g/mol. The third kappa shape index (κ3) is 4.34. The molecule has 1 aromatic carbocycles. The van der Waals surface area contributed by atoms with Crippen LogP contribution in [0.1, 0.15) is 37.4 Å². The number of halogens is 1. The minimum absolute atomic E-state index is 0.00169. The number of aromatic nitrogens is 1. The zero-order valence-electron chi connectivity index (χ0n) is 16.8. The molecule has 154 valence electrons. The van der Waals surface area contributed by atoms with Crippen LogP contribution in [0.4, 0.5) is 14.9 Å². The molecule has 1 fully saturated rings. The summed E-state index contributed by atoms with van der Waals surface area (Å²) >= 11 is 0. The van der Waals surface area contributed by atoms with E-state index in [1.54, 1.807) is 6.07 Å². The first-order chi connectivity index (χ1) is 13.9. The van der Waals surface area contributed by atoms with Crippen LogP contribution in [-0.4, -0.2) is 34.6 Å². The number of hydrogen-bond acceptors (Lipinski definition) is 3. The van der Waals surface area contributed by atoms with Crippen molar-refractivity contribution in [1.82, 2.24) is 14.8 Å². The van der Waals surface area contributed by atoms with Gasteiger partial charge in [-0.1, -0.05) is 12.1 Å². The number of nitrogens with zero attached hydrogens (tertiary/aromatic N) is 2. The van der Waals surface area contributed by atoms with Gasteiger partial charge in [-0.15, -0.1) is 0 Å². The largest absolute Gasteiger partial charge is 0.336 e. The lowest BCUT2D eigenvalue weighted by molar-refractivity contribution is 0.114. The van der Waals surface area contributed by atoms with Crippen LogP contribution in [-0.2, 0) is 13.1 Å². The van der Waals surface area contributed by atoms with Gasteiger partial charge in [0.25, 0.3) is 5.56 Å². The van der Waals surface area contributed by atoms with Gasteiger partial charge in [-0.05, 0) is 56.0 Å². The van der Waals surface area contributed by atoms with E-state index in [0.29, 0.717) is 18.2 Å². The number of carbonyl (C=O) groups excluding carboxylic acids is 1. The van der Waals surface area contributed by atoms with Gasteiger partial charge in [-0.3, -0.25) is 9.69 Å². The van der Waals surface area contributed by atoms with Crippen molar-refractivity contribution < 1.29 is 9.18 Å². The molecule has 2 atom stereocenters. The third-order valence-corrected chi connectivity index (χ3v) is 5.67. The highest BCUT2D eigenvalue weighted by atomic mass is 19.1. The fourth-order valence-electron chi connectivity index (χ4n) is 4.54. The first kappa shape index (κ1) is 19.6. The van der Waals surface area contributed by atoms with E-state index in [2.05, 4.69) is 15.5 Å². The van der Waals surface area contributed by atoms with Gasteiger partial charge < -0.3 is 15.2 Å². The molecule has 0 aliphatic carbocycles. The topological polar surface area (TPSA) is 66.4 Å². The summed E-state index contributed by atoms with van der Waals surface area (Å²) in [6, 6.07) is 9.98. The Morgan fingerprint density at radius 3 is 2.62 bits per heavy atom. The number of pyridine rings is 1. The Morgan fingerprint density at radius 2 is 1.90 bits per heavy atom. The lowest BCUT2D eigenvalue weighted by Gasteiger charge is -2.43. The molecule has 29 heavy (non-hydrogen) atoms. The second-order valence-electron chi connectivity index (χ2n) is 8.46. The number of piperidine rings is 1. The maximum absolute atomic E-state index is 13.2. The maximum Gasteiger partial charge on any atom is 0.319 e. The quantitative estimate of drug-likeness (QED) is 0.832. The summed E-state index contributed by atoms with van der Waals surface area (Å²) in [5.41, 5.74) is 2.31. The molecule has 4 rings (SSSR count). The van der Waals surface area contributed by atoms with Gasteiger partial charge in [0.1, 0.15) is 11.5 Å². The standard InChI is InChI=1S/C22H27FN4O2/c1-14(2)24-22(29)25-19-7-8-20-17-9-16(12-27(20)21(19)28)11-26(13-17)10-15-3-5-18(23)6-4-15/h3-8,14,16-17H,9-13H2,1-2H3,(H2,24,25,29)/t16-,17+/m0/s1. The van der Waals surface area contributed by atoms with E-state index in [1.807, 2.05) is 36.6 Å². The van der Waals surface area contributed by atoms with Gasteiger partial charge in [-0.25, -0.2) is 9.18 Å². The van der Waals surface area contributed by atoms with Crippen molar-refractivity contribution in [3.05, 3.63) is 63.8 Å². The second kappa shape index (κ2) is 7.99. The lowest BCUT2D eigenvalue weighted by atomic mass is 9.83. The van der Waals surface area contributed by atoms with Gasteiger partial charge >= 0.3 is 6.03 Å². The highest BCUT2D eigenvalue weighted by Gasteiger charge is 2.35. The smallest absolute Gasteiger partial charge is 0.319 e. The van der Waals surface area contributed by atoms with E-state index >= 15 is 0 Å². The molecule has 2 amide bonds. The van der Waals surface area contributed by atoms with Crippen molar-refractivity contribution in [3.8, 4) is 0 Å². The fourth-order valence-corrected chi connectivity index (χ4v) is 4.54. The molecule has 2 aromatic rings. The number of amides is 2. The normalized spacial score (nSPS) is 21.0. The van der Waals surface area contributed by atoms with Crippen molar-refractivity contribution >= 4 is 11.7 Å². The molecule has 0 radical (unpaired) electrons. The zero-order valence-corrected chi connectivity index (χ0v) is 16.8. The van der Waals surface area contributed by atoms with Crippen LogP contribution in [0.5, 0.6) is 0 Å². The van der Waals surface area contributed by atoms with Crippen LogP contribution in [0.15, 0.2) is 41.2 Å². The van der Waals surface area contributed by atoms with Gasteiger partial charge in [0.2, 0.25) is 0 Å². The molecule has 1 aromatic heterocycles. The van der Waals surface area contributed by atoms with E-state index in [0.717, 1.165) is 37.3 Å². The molecular formula is C22H27FN4O2. The molecular weight excluding hydrogens is 371 g/mol. The number of carbonyl (C=O) groups is 1. The molecule has 7 heteroatoms. The predicted octanol–water partition coefficient (Wildman–Crippen LogP) is 3.14. The highest BCUT2D eigenvalue weighted by molar-refractivity contribution is 5.89. The van der Waals surface area contributed by atoms with Crippen LogP contribution in [0, 0.1) is 11.7 Å². The average Bonchev–Trinajstić information content (AvgIpc) is 2.66. The number of benzene rings is 1. The van der Waals surface area contributed by atoms with Crippen molar-refractivity contribution in [1.29, 1.82) is 0 Å². The predicted molar refractivity (Wildman–Crippen MR) is 111 cm³/mol. The summed E-state index contributed by atoms with van der Waals surface area (Å²) in [6.07, 6.45) is 1.07. The molecule has 3 heterocycles. The Morgan fingerprint density at radius 1 is 1.14 bits per heavy atom. The van der Waals surface area contributed by atoms with E-state index in [9.17, 15) is 14.0 Å². The van der Waals surface area contributed by atoms with E-state index in [4.69, 9.17) is 0 Å². The number of urea groups is 1. The number of likely N-dealkylation sites (tertiary alicyclic amines) is 1. The van der Waals surface area contributed by atoms with Crippen LogP contribution < -0.4 is 16.2 Å². The van der Waals surface area contributed by atoms with Crippen molar-refractivity contribution in [2.45, 2.75) is 45.3 Å². The summed E-state index contributed by atoms with van der Waals surface area (Å²) < 4.78 is 15.0. The van der Waals surface area contributed by atoms with Crippen LogP contribution in [0.3, 0.4) is 0 Å². The summed E-state index contributed by atoms with van der Waals surface area (Å²) in [5, 5.41) is 5.42. The highest BCUT2D eigenvalue weighted by Crippen LogP contribution is 2.36. The van der Waals surface area contributed by atoms with Crippen molar-refractivity contribution in [3.63, 3.8) is 0 Å². The Labute approximate surface area is 169 Å². The van der Waals surface area contributed by atoms with Crippen molar-refractivity contribution in [2.75, 3.05) is 18.4 Å². The number of anilines is 1. The molecule has 0 spiro atoms. The van der Waals surface area contributed by atoms with E-state index < -0.39 is 0 Å². The van der Waals surface area contributed by atoms with Crippen LogP contribution in [0.25, 0.3) is 0 Å². The van der Waals surface area contributed by atoms with Crippen LogP contribution >= 0.6 is 0 Å². The van der Waals surface area contributed by atoms with Gasteiger partial charge in [0.05, 0.1) is 0 Å². The minimum Gasteiger partial charge on any atom is -0.336 e. The average molecular weight is 398 g/mol. The van der Waals surface area contributed by atoms with Gasteiger partial charge in [0.15, 0.2) is 0 Å². The molecule has 0 saturated carbocycles. The maximum atomic E-state index is 13.2. The molecule has 2 aliphatic rings. The molecule has 6 nitrogen and oxygen atoms in total. The first-order valence-electron chi connectivity index (χ1n) is 10.2. The van der Waals surface area contributed by atoms with E-state index in [-0.39, 0.29) is 29.4 Å². The molecule has 0 unspecified atom stereocenters. The number of rotatable bonds is 4. The molecule has 2 N–H and O–H groups in total. The summed E-state index contributed by atoms with van der Waals surface area (Å²) in [6.45, 7) is 6.97.